The third-order valence-corrected chi connectivity index (χ3v) is 3.44. The molecule has 20 heavy (non-hydrogen) atoms. The van der Waals surface area contributed by atoms with Crippen molar-refractivity contribution in [2.45, 2.75) is 71.1 Å². The van der Waals surface area contributed by atoms with E-state index < -0.39 is 0 Å². The summed E-state index contributed by atoms with van der Waals surface area (Å²) in [6.07, 6.45) is 15.4. The lowest BCUT2D eigenvalue weighted by molar-refractivity contribution is 0.550. The van der Waals surface area contributed by atoms with E-state index in [9.17, 15) is 0 Å². The molecular formula is C16H30N4. The van der Waals surface area contributed by atoms with Crippen molar-refractivity contribution in [3.05, 3.63) is 18.3 Å². The molecule has 1 aromatic rings. The van der Waals surface area contributed by atoms with Crippen LogP contribution in [0.1, 0.15) is 71.1 Å². The molecule has 4 heteroatoms. The smallest absolute Gasteiger partial charge is 0.162 e. The van der Waals surface area contributed by atoms with Crippen LogP contribution in [-0.2, 0) is 0 Å². The second kappa shape index (κ2) is 12.9. The van der Waals surface area contributed by atoms with Gasteiger partial charge in [0, 0.05) is 12.7 Å². The zero-order chi connectivity index (χ0) is 14.3. The minimum absolute atomic E-state index is 0.777. The Labute approximate surface area is 123 Å². The normalized spacial score (nSPS) is 10.7. The molecule has 2 N–H and O–H groups in total. The summed E-state index contributed by atoms with van der Waals surface area (Å²) in [5, 5.41) is 7.75. The molecule has 0 saturated carbocycles. The number of anilines is 1. The summed E-state index contributed by atoms with van der Waals surface area (Å²) in [4.78, 5) is 0. The first-order chi connectivity index (χ1) is 9.93. The van der Waals surface area contributed by atoms with E-state index in [4.69, 9.17) is 0 Å². The van der Waals surface area contributed by atoms with Crippen molar-refractivity contribution in [1.29, 1.82) is 0 Å². The molecular weight excluding hydrogens is 248 g/mol. The van der Waals surface area contributed by atoms with Gasteiger partial charge in [0.05, 0.1) is 0 Å². The van der Waals surface area contributed by atoms with Crippen LogP contribution < -0.4 is 10.9 Å². The first-order valence-corrected chi connectivity index (χ1v) is 8.20. The van der Waals surface area contributed by atoms with Gasteiger partial charge in [0.25, 0.3) is 0 Å². The molecule has 0 unspecified atom stereocenters. The number of hydrogen-bond donors (Lipinski definition) is 2. The van der Waals surface area contributed by atoms with Gasteiger partial charge < -0.3 is 5.43 Å². The van der Waals surface area contributed by atoms with Crippen LogP contribution in [0.2, 0.25) is 0 Å². The highest BCUT2D eigenvalue weighted by atomic mass is 15.4. The average Bonchev–Trinajstić information content (AvgIpc) is 2.49. The van der Waals surface area contributed by atoms with Crippen molar-refractivity contribution < 1.29 is 0 Å². The van der Waals surface area contributed by atoms with Gasteiger partial charge in [-0.2, -0.15) is 5.10 Å². The molecule has 0 atom stereocenters. The van der Waals surface area contributed by atoms with Gasteiger partial charge in [-0.3, -0.25) is 0 Å². The van der Waals surface area contributed by atoms with Crippen molar-refractivity contribution in [2.24, 2.45) is 0 Å². The van der Waals surface area contributed by atoms with E-state index in [1.807, 2.05) is 12.1 Å². The largest absolute Gasteiger partial charge is 0.304 e. The van der Waals surface area contributed by atoms with Crippen LogP contribution in [0.15, 0.2) is 18.3 Å². The third-order valence-electron chi connectivity index (χ3n) is 3.44. The highest BCUT2D eigenvalue weighted by Crippen LogP contribution is 2.10. The highest BCUT2D eigenvalue weighted by molar-refractivity contribution is 5.29. The summed E-state index contributed by atoms with van der Waals surface area (Å²) in [7, 11) is 0. The summed E-state index contributed by atoms with van der Waals surface area (Å²) in [5.74, 6) is 0.777. The van der Waals surface area contributed by atoms with E-state index in [0.717, 1.165) is 12.4 Å². The van der Waals surface area contributed by atoms with Gasteiger partial charge >= 0.3 is 0 Å². The molecule has 0 saturated heterocycles. The molecule has 4 nitrogen and oxygen atoms in total. The average molecular weight is 278 g/mol. The third kappa shape index (κ3) is 9.73. The standard InChI is InChI=1S/C16H30N4/c1-2-3-4-5-6-7-8-9-10-11-14-17-19-16-13-12-15-18-20-16/h12-13,15,17H,2-11,14H2,1H3,(H,19,20). The van der Waals surface area contributed by atoms with E-state index in [1.165, 1.54) is 64.2 Å². The van der Waals surface area contributed by atoms with Crippen LogP contribution in [0.5, 0.6) is 0 Å². The van der Waals surface area contributed by atoms with Crippen LogP contribution in [0, 0.1) is 0 Å². The summed E-state index contributed by atoms with van der Waals surface area (Å²) >= 11 is 0. The minimum atomic E-state index is 0.777. The number of nitrogens with zero attached hydrogens (tertiary/aromatic N) is 2. The van der Waals surface area contributed by atoms with Crippen molar-refractivity contribution in [2.75, 3.05) is 12.0 Å². The maximum absolute atomic E-state index is 3.94. The molecule has 1 aromatic heterocycles. The number of rotatable bonds is 13. The summed E-state index contributed by atoms with van der Waals surface area (Å²) in [6, 6.07) is 3.77. The number of hydrazine groups is 1. The molecule has 114 valence electrons. The van der Waals surface area contributed by atoms with Crippen molar-refractivity contribution in [3.8, 4) is 0 Å². The topological polar surface area (TPSA) is 49.8 Å². The Kier molecular flexibility index (Phi) is 10.9. The Morgan fingerprint density at radius 3 is 2.15 bits per heavy atom. The lowest BCUT2D eigenvalue weighted by atomic mass is 10.1. The Morgan fingerprint density at radius 1 is 0.900 bits per heavy atom. The Hall–Kier alpha value is -1.16. The lowest BCUT2D eigenvalue weighted by Crippen LogP contribution is -2.23. The molecule has 1 rings (SSSR count). The Morgan fingerprint density at radius 2 is 1.55 bits per heavy atom. The van der Waals surface area contributed by atoms with Crippen LogP contribution in [0.3, 0.4) is 0 Å². The first kappa shape index (κ1) is 16.9. The summed E-state index contributed by atoms with van der Waals surface area (Å²) in [5.41, 5.74) is 6.23. The number of hydrogen-bond acceptors (Lipinski definition) is 4. The molecule has 1 heterocycles. The molecule has 0 aliphatic rings. The van der Waals surface area contributed by atoms with Gasteiger partial charge in [-0.1, -0.05) is 64.7 Å². The Balaban J connectivity index is 1.77. The van der Waals surface area contributed by atoms with Gasteiger partial charge in [-0.15, -0.1) is 5.10 Å². The second-order valence-corrected chi connectivity index (χ2v) is 5.34. The van der Waals surface area contributed by atoms with E-state index in [1.54, 1.807) is 6.20 Å². The van der Waals surface area contributed by atoms with Gasteiger partial charge in [0.1, 0.15) is 0 Å². The summed E-state index contributed by atoms with van der Waals surface area (Å²) in [6.45, 7) is 3.25. The number of unbranched alkanes of at least 4 members (excludes halogenated alkanes) is 9. The van der Waals surface area contributed by atoms with Crippen LogP contribution in [-0.4, -0.2) is 16.7 Å². The molecule has 0 fully saturated rings. The zero-order valence-electron chi connectivity index (χ0n) is 12.9. The zero-order valence-corrected chi connectivity index (χ0v) is 12.9. The van der Waals surface area contributed by atoms with Crippen LogP contribution in [0.4, 0.5) is 5.82 Å². The van der Waals surface area contributed by atoms with E-state index in [0.29, 0.717) is 0 Å². The van der Waals surface area contributed by atoms with Crippen molar-refractivity contribution in [3.63, 3.8) is 0 Å². The molecule has 0 aliphatic heterocycles. The second-order valence-electron chi connectivity index (χ2n) is 5.34. The van der Waals surface area contributed by atoms with E-state index in [2.05, 4.69) is 28.0 Å². The highest BCUT2D eigenvalue weighted by Gasteiger charge is 1.93. The van der Waals surface area contributed by atoms with Gasteiger partial charge in [0.2, 0.25) is 0 Å². The maximum Gasteiger partial charge on any atom is 0.162 e. The number of nitrogens with one attached hydrogen (secondary N) is 2. The monoisotopic (exact) mass is 278 g/mol. The van der Waals surface area contributed by atoms with Gasteiger partial charge in [0.15, 0.2) is 5.82 Å². The predicted octanol–water partition coefficient (Wildman–Crippen LogP) is 4.31. The van der Waals surface area contributed by atoms with Crippen molar-refractivity contribution in [1.82, 2.24) is 15.6 Å². The fourth-order valence-electron chi connectivity index (χ4n) is 2.22. The van der Waals surface area contributed by atoms with Crippen molar-refractivity contribution >= 4 is 5.82 Å². The molecule has 0 bridgehead atoms. The van der Waals surface area contributed by atoms with Gasteiger partial charge in [-0.25, -0.2) is 5.43 Å². The first-order valence-electron chi connectivity index (χ1n) is 8.20. The Bertz CT molecular complexity index is 303. The molecule has 0 radical (unpaired) electrons. The maximum atomic E-state index is 3.94. The number of aromatic nitrogens is 2. The van der Waals surface area contributed by atoms with Crippen LogP contribution in [0.25, 0.3) is 0 Å². The lowest BCUT2D eigenvalue weighted by Gasteiger charge is -2.06. The molecule has 0 amide bonds. The SMILES string of the molecule is CCCCCCCCCCCCNNc1cccnn1. The minimum Gasteiger partial charge on any atom is -0.304 e. The fraction of sp³-hybridized carbons (Fsp3) is 0.750. The van der Waals surface area contributed by atoms with E-state index in [-0.39, 0.29) is 0 Å². The predicted molar refractivity (Wildman–Crippen MR) is 85.5 cm³/mol. The van der Waals surface area contributed by atoms with E-state index >= 15 is 0 Å². The molecule has 0 spiro atoms. The fourth-order valence-corrected chi connectivity index (χ4v) is 2.22. The molecule has 0 aromatic carbocycles. The van der Waals surface area contributed by atoms with Gasteiger partial charge in [-0.05, 0) is 18.6 Å². The van der Waals surface area contributed by atoms with Crippen LogP contribution >= 0.6 is 0 Å². The molecule has 0 aliphatic carbocycles. The summed E-state index contributed by atoms with van der Waals surface area (Å²) < 4.78 is 0. The quantitative estimate of drug-likeness (QED) is 0.417.